The topological polar surface area (TPSA) is 41.0 Å². The SMILES string of the molecule is CCN1CCC(Nc2nnc(Cl)c(C)c2C)CC1. The Morgan fingerprint density at radius 3 is 2.50 bits per heavy atom. The van der Waals surface area contributed by atoms with Crippen LogP contribution in [-0.2, 0) is 0 Å². The molecule has 2 heterocycles. The molecular formula is C13H21ClN4. The second-order valence-corrected chi connectivity index (χ2v) is 5.30. The molecule has 1 aliphatic rings. The molecule has 1 fully saturated rings. The number of hydrogen-bond donors (Lipinski definition) is 1. The zero-order valence-electron chi connectivity index (χ0n) is 11.3. The van der Waals surface area contributed by atoms with Gasteiger partial charge in [-0.15, -0.1) is 10.2 Å². The predicted molar refractivity (Wildman–Crippen MR) is 75.3 cm³/mol. The molecule has 1 N–H and O–H groups in total. The van der Waals surface area contributed by atoms with Crippen molar-refractivity contribution in [1.82, 2.24) is 15.1 Å². The van der Waals surface area contributed by atoms with Gasteiger partial charge < -0.3 is 10.2 Å². The zero-order chi connectivity index (χ0) is 13.1. The summed E-state index contributed by atoms with van der Waals surface area (Å²) in [5.74, 6) is 0.881. The normalized spacial score (nSPS) is 18.0. The minimum absolute atomic E-state index is 0.499. The van der Waals surface area contributed by atoms with Gasteiger partial charge in [-0.2, -0.15) is 0 Å². The highest BCUT2D eigenvalue weighted by Gasteiger charge is 2.19. The van der Waals surface area contributed by atoms with Gasteiger partial charge in [0, 0.05) is 19.1 Å². The fourth-order valence-electron chi connectivity index (χ4n) is 2.30. The van der Waals surface area contributed by atoms with Crippen molar-refractivity contribution in [3.63, 3.8) is 0 Å². The van der Waals surface area contributed by atoms with Gasteiger partial charge in [-0.25, -0.2) is 0 Å². The van der Waals surface area contributed by atoms with Crippen molar-refractivity contribution in [3.05, 3.63) is 16.3 Å². The number of nitrogens with zero attached hydrogens (tertiary/aromatic N) is 3. The maximum Gasteiger partial charge on any atom is 0.155 e. The van der Waals surface area contributed by atoms with Crippen molar-refractivity contribution in [2.45, 2.75) is 39.7 Å². The first-order chi connectivity index (χ1) is 8.61. The molecule has 2 rings (SSSR count). The van der Waals surface area contributed by atoms with E-state index in [9.17, 15) is 0 Å². The smallest absolute Gasteiger partial charge is 0.155 e. The standard InChI is InChI=1S/C13H21ClN4/c1-4-18-7-5-11(6-8-18)15-13-10(3)9(2)12(14)16-17-13/h11H,4-8H2,1-3H3,(H,15,17). The van der Waals surface area contributed by atoms with Gasteiger partial charge in [-0.3, -0.25) is 0 Å². The summed E-state index contributed by atoms with van der Waals surface area (Å²) in [6, 6.07) is 0.501. The highest BCUT2D eigenvalue weighted by Crippen LogP contribution is 2.23. The minimum atomic E-state index is 0.499. The molecule has 1 aromatic rings. The van der Waals surface area contributed by atoms with Crippen LogP contribution in [0.25, 0.3) is 0 Å². The van der Waals surface area contributed by atoms with E-state index in [0.717, 1.165) is 49.4 Å². The molecule has 0 bridgehead atoms. The minimum Gasteiger partial charge on any atom is -0.366 e. The highest BCUT2D eigenvalue weighted by atomic mass is 35.5. The summed E-state index contributed by atoms with van der Waals surface area (Å²) < 4.78 is 0. The number of halogens is 1. The van der Waals surface area contributed by atoms with Gasteiger partial charge in [-0.05, 0) is 44.4 Å². The fourth-order valence-corrected chi connectivity index (χ4v) is 2.48. The molecule has 100 valence electrons. The van der Waals surface area contributed by atoms with E-state index in [4.69, 9.17) is 11.6 Å². The van der Waals surface area contributed by atoms with Crippen LogP contribution in [0.1, 0.15) is 30.9 Å². The van der Waals surface area contributed by atoms with E-state index in [2.05, 4.69) is 27.3 Å². The molecule has 1 saturated heterocycles. The van der Waals surface area contributed by atoms with E-state index in [0.29, 0.717) is 11.2 Å². The lowest BCUT2D eigenvalue weighted by Crippen LogP contribution is -2.39. The van der Waals surface area contributed by atoms with Crippen molar-refractivity contribution < 1.29 is 0 Å². The zero-order valence-corrected chi connectivity index (χ0v) is 12.1. The Balaban J connectivity index is 2.00. The number of nitrogens with one attached hydrogen (secondary N) is 1. The van der Waals surface area contributed by atoms with Gasteiger partial charge >= 0.3 is 0 Å². The number of piperidine rings is 1. The van der Waals surface area contributed by atoms with Crippen molar-refractivity contribution in [3.8, 4) is 0 Å². The van der Waals surface area contributed by atoms with Gasteiger partial charge in [0.25, 0.3) is 0 Å². The van der Waals surface area contributed by atoms with Crippen LogP contribution in [0.4, 0.5) is 5.82 Å². The molecule has 0 amide bonds. The van der Waals surface area contributed by atoms with E-state index in [1.54, 1.807) is 0 Å². The maximum atomic E-state index is 5.96. The summed E-state index contributed by atoms with van der Waals surface area (Å²) in [6.45, 7) is 9.70. The molecule has 0 unspecified atom stereocenters. The van der Waals surface area contributed by atoms with Gasteiger partial charge in [0.2, 0.25) is 0 Å². The molecule has 0 aliphatic carbocycles. The Kier molecular flexibility index (Phi) is 4.40. The largest absolute Gasteiger partial charge is 0.366 e. The molecule has 18 heavy (non-hydrogen) atoms. The van der Waals surface area contributed by atoms with Gasteiger partial charge in [-0.1, -0.05) is 18.5 Å². The Hall–Kier alpha value is -0.870. The second kappa shape index (κ2) is 5.85. The summed E-state index contributed by atoms with van der Waals surface area (Å²) >= 11 is 5.96. The summed E-state index contributed by atoms with van der Waals surface area (Å²) in [6.07, 6.45) is 2.33. The van der Waals surface area contributed by atoms with Crippen molar-refractivity contribution in [1.29, 1.82) is 0 Å². The highest BCUT2D eigenvalue weighted by molar-refractivity contribution is 6.30. The average Bonchev–Trinajstić information content (AvgIpc) is 2.40. The third-order valence-corrected chi connectivity index (χ3v) is 4.20. The summed E-state index contributed by atoms with van der Waals surface area (Å²) in [7, 11) is 0. The Morgan fingerprint density at radius 1 is 1.22 bits per heavy atom. The van der Waals surface area contributed by atoms with Crippen LogP contribution in [0.2, 0.25) is 5.15 Å². The molecule has 0 spiro atoms. The van der Waals surface area contributed by atoms with Crippen LogP contribution in [0.3, 0.4) is 0 Å². The number of anilines is 1. The third kappa shape index (κ3) is 2.93. The Morgan fingerprint density at radius 2 is 1.89 bits per heavy atom. The van der Waals surface area contributed by atoms with E-state index in [1.807, 2.05) is 13.8 Å². The first-order valence-electron chi connectivity index (χ1n) is 6.60. The van der Waals surface area contributed by atoms with Crippen LogP contribution >= 0.6 is 11.6 Å². The van der Waals surface area contributed by atoms with Crippen molar-refractivity contribution in [2.75, 3.05) is 25.0 Å². The number of likely N-dealkylation sites (tertiary alicyclic amines) is 1. The van der Waals surface area contributed by atoms with Gasteiger partial charge in [0.1, 0.15) is 0 Å². The van der Waals surface area contributed by atoms with E-state index in [1.165, 1.54) is 0 Å². The molecular weight excluding hydrogens is 248 g/mol. The van der Waals surface area contributed by atoms with Crippen LogP contribution < -0.4 is 5.32 Å². The van der Waals surface area contributed by atoms with Crippen LogP contribution in [0.5, 0.6) is 0 Å². The Labute approximate surface area is 114 Å². The van der Waals surface area contributed by atoms with Crippen LogP contribution in [-0.4, -0.2) is 40.8 Å². The number of rotatable bonds is 3. The summed E-state index contributed by atoms with van der Waals surface area (Å²) in [5, 5.41) is 12.1. The maximum absolute atomic E-state index is 5.96. The number of hydrogen-bond acceptors (Lipinski definition) is 4. The van der Waals surface area contributed by atoms with Crippen LogP contribution in [0, 0.1) is 13.8 Å². The van der Waals surface area contributed by atoms with Crippen molar-refractivity contribution in [2.24, 2.45) is 0 Å². The molecule has 4 nitrogen and oxygen atoms in total. The first kappa shape index (κ1) is 13.6. The molecule has 0 saturated carbocycles. The fraction of sp³-hybridized carbons (Fsp3) is 0.692. The molecule has 1 aliphatic heterocycles. The predicted octanol–water partition coefficient (Wildman–Crippen LogP) is 2.64. The molecule has 1 aromatic heterocycles. The van der Waals surface area contributed by atoms with E-state index < -0.39 is 0 Å². The summed E-state index contributed by atoms with van der Waals surface area (Å²) in [5.41, 5.74) is 2.12. The summed E-state index contributed by atoms with van der Waals surface area (Å²) in [4.78, 5) is 2.48. The lowest BCUT2D eigenvalue weighted by Gasteiger charge is -2.32. The van der Waals surface area contributed by atoms with Gasteiger partial charge in [0.15, 0.2) is 11.0 Å². The quantitative estimate of drug-likeness (QED) is 0.915. The second-order valence-electron chi connectivity index (χ2n) is 4.94. The first-order valence-corrected chi connectivity index (χ1v) is 6.98. The van der Waals surface area contributed by atoms with Crippen LogP contribution in [0.15, 0.2) is 0 Å². The van der Waals surface area contributed by atoms with E-state index >= 15 is 0 Å². The lowest BCUT2D eigenvalue weighted by molar-refractivity contribution is 0.229. The van der Waals surface area contributed by atoms with E-state index in [-0.39, 0.29) is 0 Å². The monoisotopic (exact) mass is 268 g/mol. The number of aromatic nitrogens is 2. The average molecular weight is 269 g/mol. The molecule has 0 radical (unpaired) electrons. The lowest BCUT2D eigenvalue weighted by atomic mass is 10.0. The van der Waals surface area contributed by atoms with Crippen molar-refractivity contribution >= 4 is 17.4 Å². The molecule has 0 atom stereocenters. The molecule has 0 aromatic carbocycles. The third-order valence-electron chi connectivity index (χ3n) is 3.84. The molecule has 5 heteroatoms. The Bertz CT molecular complexity index is 414. The van der Waals surface area contributed by atoms with Gasteiger partial charge in [0.05, 0.1) is 0 Å².